The summed E-state index contributed by atoms with van der Waals surface area (Å²) in [6.07, 6.45) is 3.59. The van der Waals surface area contributed by atoms with Crippen molar-refractivity contribution in [3.8, 4) is 41.2 Å². The van der Waals surface area contributed by atoms with Crippen LogP contribution in [-0.2, 0) is 0 Å². The van der Waals surface area contributed by atoms with Crippen molar-refractivity contribution in [3.63, 3.8) is 0 Å². The number of piperazine rings is 1. The van der Waals surface area contributed by atoms with Crippen molar-refractivity contribution in [2.75, 3.05) is 51.3 Å². The molecular weight excluding hydrogens is 726 g/mol. The number of hydrogen-bond acceptors (Lipinski definition) is 9. The predicted molar refractivity (Wildman–Crippen MR) is 193 cm³/mol. The number of methoxy groups -OCH3 is 1. The first-order valence-corrected chi connectivity index (χ1v) is 18.7. The number of piperidine rings is 1. The molecule has 0 amide bonds. The molecule has 2 bridgehead atoms. The lowest BCUT2D eigenvalue weighted by molar-refractivity contribution is -0.261. The average molecular weight is 767 g/mol. The Labute approximate surface area is 313 Å². The highest BCUT2D eigenvalue weighted by Gasteiger charge is 2.64. The first-order chi connectivity index (χ1) is 26.3. The van der Waals surface area contributed by atoms with Gasteiger partial charge < -0.3 is 29.7 Å². The first kappa shape index (κ1) is 36.1. The highest BCUT2D eigenvalue weighted by atomic mass is 19.4. The number of phenolic OH excluding ortho intramolecular Hbond substituents is 1. The van der Waals surface area contributed by atoms with E-state index in [1.165, 1.54) is 31.4 Å². The van der Waals surface area contributed by atoms with E-state index in [2.05, 4.69) is 31.0 Å². The maximum atomic E-state index is 17.2. The Hall–Kier alpha value is -4.55. The van der Waals surface area contributed by atoms with Crippen molar-refractivity contribution in [2.45, 2.75) is 69.4 Å². The molecule has 4 atom stereocenters. The molecule has 9 nitrogen and oxygen atoms in total. The minimum absolute atomic E-state index is 0.0269. The second-order valence-electron chi connectivity index (χ2n) is 16.2. The van der Waals surface area contributed by atoms with E-state index < -0.39 is 35.3 Å². The third-order valence-electron chi connectivity index (χ3n) is 12.7. The molecule has 2 aromatic carbocycles. The molecule has 1 spiro atoms. The van der Waals surface area contributed by atoms with E-state index in [-0.39, 0.29) is 81.3 Å². The van der Waals surface area contributed by atoms with Crippen molar-refractivity contribution in [2.24, 2.45) is 16.7 Å². The Morgan fingerprint density at radius 2 is 1.75 bits per heavy atom. The number of benzene rings is 2. The van der Waals surface area contributed by atoms with Crippen LogP contribution in [0.25, 0.3) is 32.9 Å². The number of aromatic hydroxyl groups is 1. The van der Waals surface area contributed by atoms with Crippen molar-refractivity contribution in [1.29, 1.82) is 0 Å². The minimum Gasteiger partial charge on any atom is -0.508 e. The van der Waals surface area contributed by atoms with E-state index in [4.69, 9.17) is 20.9 Å². The Morgan fingerprint density at radius 3 is 2.38 bits per heavy atom. The first-order valence-electron chi connectivity index (χ1n) is 18.7. The van der Waals surface area contributed by atoms with Crippen LogP contribution in [0.1, 0.15) is 50.5 Å². The van der Waals surface area contributed by atoms with Gasteiger partial charge in [0.15, 0.2) is 5.82 Å². The van der Waals surface area contributed by atoms with Crippen LogP contribution in [0.3, 0.4) is 0 Å². The molecule has 2 N–H and O–H groups in total. The molecule has 2 aromatic heterocycles. The van der Waals surface area contributed by atoms with Gasteiger partial charge in [0.25, 0.3) is 0 Å². The molecule has 0 radical (unpaired) electrons. The van der Waals surface area contributed by atoms with Crippen LogP contribution < -0.4 is 19.7 Å². The van der Waals surface area contributed by atoms with E-state index >= 15 is 8.78 Å². The summed E-state index contributed by atoms with van der Waals surface area (Å²) in [7, 11) is 1.40. The lowest BCUT2D eigenvalue weighted by Gasteiger charge is -2.55. The molecular formula is C40H40F6N6O3. The van der Waals surface area contributed by atoms with Gasteiger partial charge in [-0.2, -0.15) is 23.1 Å². The Bertz CT molecular complexity index is 2220. The molecule has 3 saturated heterocycles. The van der Waals surface area contributed by atoms with Crippen LogP contribution in [-0.4, -0.2) is 95.8 Å². The molecule has 290 valence electrons. The monoisotopic (exact) mass is 766 g/mol. The van der Waals surface area contributed by atoms with E-state index in [1.807, 2.05) is 0 Å². The zero-order valence-electron chi connectivity index (χ0n) is 30.2. The number of ether oxygens (including phenoxy) is 2. The fourth-order valence-electron chi connectivity index (χ4n) is 9.50. The summed E-state index contributed by atoms with van der Waals surface area (Å²) in [5.74, 6) is -0.847. The van der Waals surface area contributed by atoms with Gasteiger partial charge >= 0.3 is 12.2 Å². The van der Waals surface area contributed by atoms with Gasteiger partial charge in [0, 0.05) is 53.5 Å². The maximum absolute atomic E-state index is 17.2. The molecule has 5 fully saturated rings. The SMILES string of the molecule is C#Cc1c(F)ccc2cc(O)cc(-c3nc(OC)c4c(N5CC6CCC(C5)N6)nc(OCC5(CN6CCC7(CC6)CC(C(F)(F)F)C7F)CC5)nc4c3F)c12. The summed E-state index contributed by atoms with van der Waals surface area (Å²) in [5, 5.41) is 15.1. The maximum Gasteiger partial charge on any atom is 0.394 e. The van der Waals surface area contributed by atoms with E-state index in [1.54, 1.807) is 0 Å². The summed E-state index contributed by atoms with van der Waals surface area (Å²) >= 11 is 0. The van der Waals surface area contributed by atoms with Crippen LogP contribution >= 0.6 is 0 Å². The second kappa shape index (κ2) is 13.0. The molecule has 15 heteroatoms. The van der Waals surface area contributed by atoms with Crippen LogP contribution in [0, 0.1) is 40.7 Å². The smallest absolute Gasteiger partial charge is 0.394 e. The van der Waals surface area contributed by atoms with Gasteiger partial charge in [-0.05, 0) is 81.6 Å². The number of rotatable bonds is 8. The molecule has 2 saturated carbocycles. The number of fused-ring (bicyclic) bond motifs is 4. The number of pyridine rings is 1. The van der Waals surface area contributed by atoms with Crippen molar-refractivity contribution < 1.29 is 40.9 Å². The molecule has 55 heavy (non-hydrogen) atoms. The van der Waals surface area contributed by atoms with Crippen LogP contribution in [0.4, 0.5) is 32.2 Å². The number of halogens is 6. The number of aromatic nitrogens is 3. The fraction of sp³-hybridized carbons (Fsp3) is 0.525. The number of anilines is 1. The van der Waals surface area contributed by atoms with Crippen molar-refractivity contribution >= 4 is 27.5 Å². The molecule has 4 aromatic rings. The highest BCUT2D eigenvalue weighted by Crippen LogP contribution is 2.59. The normalized spacial score (nSPS) is 25.6. The molecule has 5 aliphatic rings. The zero-order valence-corrected chi connectivity index (χ0v) is 30.2. The Kier molecular flexibility index (Phi) is 8.54. The molecule has 3 aliphatic heterocycles. The van der Waals surface area contributed by atoms with Crippen LogP contribution in [0.15, 0.2) is 24.3 Å². The number of likely N-dealkylation sites (tertiary alicyclic amines) is 1. The van der Waals surface area contributed by atoms with Gasteiger partial charge in [0.05, 0.1) is 25.2 Å². The summed E-state index contributed by atoms with van der Waals surface area (Å²) in [5.41, 5.74) is -1.62. The number of alkyl halides is 4. The number of terminal acetylenes is 1. The number of phenols is 1. The quantitative estimate of drug-likeness (QED) is 0.147. The van der Waals surface area contributed by atoms with Crippen LogP contribution in [0.5, 0.6) is 17.6 Å². The fourth-order valence-corrected chi connectivity index (χ4v) is 9.50. The summed E-state index contributed by atoms with van der Waals surface area (Å²) < 4.78 is 98.7. The van der Waals surface area contributed by atoms with E-state index in [0.717, 1.165) is 25.7 Å². The largest absolute Gasteiger partial charge is 0.508 e. The van der Waals surface area contributed by atoms with Crippen molar-refractivity contribution in [3.05, 3.63) is 41.5 Å². The Morgan fingerprint density at radius 1 is 1.02 bits per heavy atom. The van der Waals surface area contributed by atoms with Crippen LogP contribution in [0.2, 0.25) is 0 Å². The lowest BCUT2D eigenvalue weighted by atomic mass is 9.55. The Balaban J connectivity index is 1.05. The third kappa shape index (κ3) is 6.16. The summed E-state index contributed by atoms with van der Waals surface area (Å²) in [6.45, 7) is 3.04. The van der Waals surface area contributed by atoms with Crippen molar-refractivity contribution in [1.82, 2.24) is 25.2 Å². The second-order valence-corrected chi connectivity index (χ2v) is 16.2. The van der Waals surface area contributed by atoms with Gasteiger partial charge in [0.1, 0.15) is 40.2 Å². The van der Waals surface area contributed by atoms with Gasteiger partial charge in [0.2, 0.25) is 5.88 Å². The van der Waals surface area contributed by atoms with Gasteiger partial charge in [-0.15, -0.1) is 6.42 Å². The molecule has 9 rings (SSSR count). The van der Waals surface area contributed by atoms with Gasteiger partial charge in [-0.3, -0.25) is 0 Å². The molecule has 2 aliphatic carbocycles. The van der Waals surface area contributed by atoms with Gasteiger partial charge in [-0.1, -0.05) is 12.0 Å². The zero-order chi connectivity index (χ0) is 38.4. The number of nitrogens with one attached hydrogen (secondary N) is 1. The average Bonchev–Trinajstić information content (AvgIpc) is 3.85. The standard InChI is InChI=1S/C40H40F6N6O3/c1-3-25-28(41)7-4-21-14-24(53)15-26(29(21)25)32-31(42)33-30(36(48-32)54-2)35(52-17-22-5-6-23(18-52)47-22)50-37(49-33)55-20-38(8-9-38)19-51-12-10-39(11-13-51)16-27(34(39)43)40(44,45)46/h1,4,7,14-15,22-23,27,34,47,53H,5-6,8-13,16-20H2,2H3. The third-order valence-corrected chi connectivity index (χ3v) is 12.7. The highest BCUT2D eigenvalue weighted by molar-refractivity contribution is 6.04. The topological polar surface area (TPSA) is 95.9 Å². The van der Waals surface area contributed by atoms with Gasteiger partial charge in [-0.25, -0.2) is 18.2 Å². The molecule has 5 heterocycles. The summed E-state index contributed by atoms with van der Waals surface area (Å²) in [4.78, 5) is 18.3. The summed E-state index contributed by atoms with van der Waals surface area (Å²) in [6, 6.07) is 5.67. The molecule has 4 unspecified atom stereocenters. The lowest BCUT2D eigenvalue weighted by Crippen LogP contribution is -2.59. The predicted octanol–water partition coefficient (Wildman–Crippen LogP) is 6.92. The number of nitrogens with zero attached hydrogens (tertiary/aromatic N) is 5. The van der Waals surface area contributed by atoms with E-state index in [0.29, 0.717) is 56.8 Å². The van der Waals surface area contributed by atoms with E-state index in [9.17, 15) is 22.7 Å². The minimum atomic E-state index is -4.51. The number of hydrogen-bond donors (Lipinski definition) is 2.